The van der Waals surface area contributed by atoms with Crippen molar-refractivity contribution in [3.05, 3.63) is 39.4 Å². The second-order valence-corrected chi connectivity index (χ2v) is 4.85. The fourth-order valence-corrected chi connectivity index (χ4v) is 2.34. The number of thiophene rings is 1. The zero-order valence-corrected chi connectivity index (χ0v) is 10.1. The molecule has 0 bridgehead atoms. The topological polar surface area (TPSA) is 75.4 Å². The van der Waals surface area contributed by atoms with E-state index in [1.807, 2.05) is 6.92 Å². The highest BCUT2D eigenvalue weighted by molar-refractivity contribution is 7.14. The molecule has 90 valence electrons. The monoisotopic (exact) mass is 252 g/mol. The van der Waals surface area contributed by atoms with E-state index in [1.54, 1.807) is 12.1 Å². The lowest BCUT2D eigenvalue weighted by atomic mass is 10.2. The number of carbonyl (C=O) groups is 1. The van der Waals surface area contributed by atoms with E-state index >= 15 is 0 Å². The standard InChI is InChI=1S/C11H12N2O3S/c1-7-8(4-10(17-7)11(14)15)5-12-6-9-2-3-16-13-9/h2-4,12H,5-6H2,1H3,(H,14,15). The maximum absolute atomic E-state index is 10.8. The molecule has 0 aliphatic rings. The van der Waals surface area contributed by atoms with Gasteiger partial charge in [-0.15, -0.1) is 11.3 Å². The van der Waals surface area contributed by atoms with E-state index in [2.05, 4.69) is 10.5 Å². The molecule has 0 aromatic carbocycles. The Balaban J connectivity index is 1.92. The van der Waals surface area contributed by atoms with E-state index in [0.29, 0.717) is 18.0 Å². The highest BCUT2D eigenvalue weighted by atomic mass is 32.1. The second-order valence-electron chi connectivity index (χ2n) is 3.59. The third-order valence-electron chi connectivity index (χ3n) is 2.34. The Kier molecular flexibility index (Phi) is 3.55. The third-order valence-corrected chi connectivity index (χ3v) is 3.42. The van der Waals surface area contributed by atoms with Crippen molar-refractivity contribution in [1.82, 2.24) is 10.5 Å². The quantitative estimate of drug-likeness (QED) is 0.851. The molecular weight excluding hydrogens is 240 g/mol. The van der Waals surface area contributed by atoms with Gasteiger partial charge in [-0.2, -0.15) is 0 Å². The molecule has 2 heterocycles. The molecule has 0 unspecified atom stereocenters. The molecule has 17 heavy (non-hydrogen) atoms. The van der Waals surface area contributed by atoms with Gasteiger partial charge in [0.15, 0.2) is 0 Å². The van der Waals surface area contributed by atoms with Gasteiger partial charge in [0.1, 0.15) is 11.1 Å². The first-order valence-corrected chi connectivity index (χ1v) is 5.91. The molecule has 2 rings (SSSR count). The number of aromatic nitrogens is 1. The number of carboxylic acids is 1. The molecule has 5 nitrogen and oxygen atoms in total. The average Bonchev–Trinajstić information content (AvgIpc) is 2.89. The number of hydrogen-bond acceptors (Lipinski definition) is 5. The molecular formula is C11H12N2O3S. The van der Waals surface area contributed by atoms with Gasteiger partial charge < -0.3 is 14.9 Å². The first-order valence-electron chi connectivity index (χ1n) is 5.09. The zero-order chi connectivity index (χ0) is 12.3. The van der Waals surface area contributed by atoms with Crippen molar-refractivity contribution in [3.8, 4) is 0 Å². The Morgan fingerprint density at radius 2 is 2.41 bits per heavy atom. The minimum atomic E-state index is -0.874. The molecule has 0 spiro atoms. The van der Waals surface area contributed by atoms with Crippen molar-refractivity contribution in [1.29, 1.82) is 0 Å². The van der Waals surface area contributed by atoms with Gasteiger partial charge in [-0.1, -0.05) is 5.16 Å². The van der Waals surface area contributed by atoms with Crippen LogP contribution in [-0.2, 0) is 13.1 Å². The molecule has 0 saturated carbocycles. The predicted molar refractivity (Wildman–Crippen MR) is 63.1 cm³/mol. The molecule has 0 aliphatic carbocycles. The largest absolute Gasteiger partial charge is 0.477 e. The highest BCUT2D eigenvalue weighted by Crippen LogP contribution is 2.21. The van der Waals surface area contributed by atoms with Crippen LogP contribution in [0.15, 0.2) is 22.9 Å². The molecule has 2 N–H and O–H groups in total. The van der Waals surface area contributed by atoms with Gasteiger partial charge in [-0.3, -0.25) is 0 Å². The fraction of sp³-hybridized carbons (Fsp3) is 0.273. The molecule has 0 atom stereocenters. The van der Waals surface area contributed by atoms with E-state index in [4.69, 9.17) is 9.63 Å². The van der Waals surface area contributed by atoms with Crippen molar-refractivity contribution in [3.63, 3.8) is 0 Å². The molecule has 0 amide bonds. The Bertz CT molecular complexity index is 505. The van der Waals surface area contributed by atoms with Crippen LogP contribution in [0, 0.1) is 6.92 Å². The number of nitrogens with zero attached hydrogens (tertiary/aromatic N) is 1. The summed E-state index contributed by atoms with van der Waals surface area (Å²) < 4.78 is 4.71. The maximum Gasteiger partial charge on any atom is 0.345 e. The number of rotatable bonds is 5. The molecule has 2 aromatic rings. The van der Waals surface area contributed by atoms with E-state index in [-0.39, 0.29) is 0 Å². The van der Waals surface area contributed by atoms with E-state index in [0.717, 1.165) is 16.1 Å². The lowest BCUT2D eigenvalue weighted by molar-refractivity contribution is 0.0702. The van der Waals surface area contributed by atoms with Crippen molar-refractivity contribution >= 4 is 17.3 Å². The summed E-state index contributed by atoms with van der Waals surface area (Å²) in [5.41, 5.74) is 1.84. The van der Waals surface area contributed by atoms with Crippen LogP contribution in [-0.4, -0.2) is 16.2 Å². The van der Waals surface area contributed by atoms with Crippen LogP contribution in [0.1, 0.15) is 25.8 Å². The van der Waals surface area contributed by atoms with Gasteiger partial charge in [0.2, 0.25) is 0 Å². The minimum absolute atomic E-state index is 0.376. The SMILES string of the molecule is Cc1sc(C(=O)O)cc1CNCc1ccon1. The van der Waals surface area contributed by atoms with E-state index < -0.39 is 5.97 Å². The number of hydrogen-bond donors (Lipinski definition) is 2. The fourth-order valence-electron chi connectivity index (χ4n) is 1.45. The zero-order valence-electron chi connectivity index (χ0n) is 9.27. The van der Waals surface area contributed by atoms with Gasteiger partial charge in [0, 0.05) is 24.0 Å². The highest BCUT2D eigenvalue weighted by Gasteiger charge is 2.10. The first-order chi connectivity index (χ1) is 8.16. The van der Waals surface area contributed by atoms with Crippen LogP contribution in [0.2, 0.25) is 0 Å². The summed E-state index contributed by atoms with van der Waals surface area (Å²) >= 11 is 1.30. The Morgan fingerprint density at radius 1 is 1.59 bits per heavy atom. The Morgan fingerprint density at radius 3 is 3.00 bits per heavy atom. The summed E-state index contributed by atoms with van der Waals surface area (Å²) in [7, 11) is 0. The maximum atomic E-state index is 10.8. The number of aryl methyl sites for hydroxylation is 1. The van der Waals surface area contributed by atoms with Gasteiger partial charge in [-0.25, -0.2) is 4.79 Å². The molecule has 0 fully saturated rings. The molecule has 0 aliphatic heterocycles. The molecule has 6 heteroatoms. The van der Waals surface area contributed by atoms with Crippen molar-refractivity contribution in [2.75, 3.05) is 0 Å². The molecule has 0 saturated heterocycles. The van der Waals surface area contributed by atoms with Crippen LogP contribution in [0.25, 0.3) is 0 Å². The number of nitrogens with one attached hydrogen (secondary N) is 1. The van der Waals surface area contributed by atoms with Crippen LogP contribution < -0.4 is 5.32 Å². The summed E-state index contributed by atoms with van der Waals surface area (Å²) in [6.45, 7) is 3.15. The number of carboxylic acid groups (broad SMARTS) is 1. The summed E-state index contributed by atoms with van der Waals surface area (Å²) in [6, 6.07) is 3.49. The van der Waals surface area contributed by atoms with Crippen LogP contribution in [0.5, 0.6) is 0 Å². The Labute approximate surface area is 102 Å². The summed E-state index contributed by atoms with van der Waals surface area (Å²) in [6.07, 6.45) is 1.52. The van der Waals surface area contributed by atoms with Crippen LogP contribution in [0.4, 0.5) is 0 Å². The summed E-state index contributed by atoms with van der Waals surface area (Å²) in [5.74, 6) is -0.874. The van der Waals surface area contributed by atoms with Gasteiger partial charge in [-0.05, 0) is 18.6 Å². The Hall–Kier alpha value is -1.66. The van der Waals surface area contributed by atoms with Crippen molar-refractivity contribution < 1.29 is 14.4 Å². The smallest absolute Gasteiger partial charge is 0.345 e. The third kappa shape index (κ3) is 2.92. The van der Waals surface area contributed by atoms with Crippen LogP contribution >= 0.6 is 11.3 Å². The summed E-state index contributed by atoms with van der Waals surface area (Å²) in [5, 5.41) is 15.8. The minimum Gasteiger partial charge on any atom is -0.477 e. The van der Waals surface area contributed by atoms with E-state index in [1.165, 1.54) is 17.6 Å². The van der Waals surface area contributed by atoms with Crippen molar-refractivity contribution in [2.45, 2.75) is 20.0 Å². The van der Waals surface area contributed by atoms with Gasteiger partial charge in [0.25, 0.3) is 0 Å². The first kappa shape index (κ1) is 11.8. The molecule has 2 aromatic heterocycles. The normalized spacial score (nSPS) is 10.6. The van der Waals surface area contributed by atoms with Gasteiger partial charge >= 0.3 is 5.97 Å². The second kappa shape index (κ2) is 5.11. The summed E-state index contributed by atoms with van der Waals surface area (Å²) in [4.78, 5) is 12.2. The predicted octanol–water partition coefficient (Wildman–Crippen LogP) is 2.03. The van der Waals surface area contributed by atoms with Gasteiger partial charge in [0.05, 0.1) is 5.69 Å². The van der Waals surface area contributed by atoms with E-state index in [9.17, 15) is 4.79 Å². The lowest BCUT2D eigenvalue weighted by Crippen LogP contribution is -2.12. The van der Waals surface area contributed by atoms with Crippen molar-refractivity contribution in [2.24, 2.45) is 0 Å². The van der Waals surface area contributed by atoms with Crippen LogP contribution in [0.3, 0.4) is 0 Å². The lowest BCUT2D eigenvalue weighted by Gasteiger charge is -2.00. The average molecular weight is 252 g/mol. The number of aromatic carboxylic acids is 1. The molecule has 0 radical (unpaired) electrons.